The van der Waals surface area contributed by atoms with Gasteiger partial charge in [-0.1, -0.05) is 52.3 Å². The smallest absolute Gasteiger partial charge is 0.281 e. The number of rotatable bonds is 5. The zero-order valence-corrected chi connectivity index (χ0v) is 25.1. The monoisotopic (exact) mass is 576 g/mol. The SMILES string of the molecule is CC[C@H](C)[C@H]1C(=O)N2CCC[C@@H]2[C@]2(O)O[C@@](NC(=O)[C@H]3C=C4c5cccc6[nH]cc(c56)C[C@@H]4[NH+](C)C3)(C(C)C)C(=O)N12. The maximum Gasteiger partial charge on any atom is 0.281 e. The van der Waals surface area contributed by atoms with Gasteiger partial charge in [-0.3, -0.25) is 24.0 Å². The number of likely N-dealkylation sites (N-methyl/N-ethyl adjacent to an activating group) is 1. The summed E-state index contributed by atoms with van der Waals surface area (Å²) in [5, 5.41) is 16.4. The van der Waals surface area contributed by atoms with Gasteiger partial charge < -0.3 is 25.2 Å². The van der Waals surface area contributed by atoms with E-state index in [0.717, 1.165) is 29.5 Å². The highest BCUT2D eigenvalue weighted by Gasteiger charge is 2.72. The maximum absolute atomic E-state index is 14.4. The molecule has 0 spiro atoms. The van der Waals surface area contributed by atoms with E-state index in [-0.39, 0.29) is 23.8 Å². The van der Waals surface area contributed by atoms with Crippen LogP contribution in [0.15, 0.2) is 30.5 Å². The van der Waals surface area contributed by atoms with E-state index >= 15 is 0 Å². The Morgan fingerprint density at radius 1 is 1.29 bits per heavy atom. The second-order valence-electron chi connectivity index (χ2n) is 13.4. The molecule has 4 N–H and O–H groups in total. The van der Waals surface area contributed by atoms with E-state index in [0.29, 0.717) is 25.9 Å². The fourth-order valence-corrected chi connectivity index (χ4v) is 8.25. The molecule has 3 amide bonds. The van der Waals surface area contributed by atoms with Gasteiger partial charge in [-0.15, -0.1) is 0 Å². The number of hydrogen-bond donors (Lipinski definition) is 4. The van der Waals surface area contributed by atoms with Crippen molar-refractivity contribution in [3.8, 4) is 0 Å². The Morgan fingerprint density at radius 3 is 2.81 bits per heavy atom. The Balaban J connectivity index is 1.25. The number of piperazine rings is 1. The molecule has 5 heterocycles. The summed E-state index contributed by atoms with van der Waals surface area (Å²) in [5.74, 6) is -4.20. The number of hydrogen-bond acceptors (Lipinski definition) is 5. The maximum atomic E-state index is 14.4. The molecule has 4 aliphatic heterocycles. The summed E-state index contributed by atoms with van der Waals surface area (Å²) in [6, 6.07) is 4.94. The van der Waals surface area contributed by atoms with Gasteiger partial charge in [0.15, 0.2) is 0 Å². The van der Waals surface area contributed by atoms with Crippen molar-refractivity contribution in [2.45, 2.75) is 83.1 Å². The van der Waals surface area contributed by atoms with Crippen LogP contribution in [0, 0.1) is 17.8 Å². The minimum absolute atomic E-state index is 0.150. The van der Waals surface area contributed by atoms with E-state index in [1.165, 1.54) is 20.7 Å². The highest BCUT2D eigenvalue weighted by atomic mass is 16.7. The summed E-state index contributed by atoms with van der Waals surface area (Å²) < 4.78 is 6.45. The number of ether oxygens (including phenoxy) is 1. The molecular formula is C32H42N5O5+. The van der Waals surface area contributed by atoms with Gasteiger partial charge >= 0.3 is 0 Å². The first kappa shape index (κ1) is 27.6. The Morgan fingerprint density at radius 2 is 2.07 bits per heavy atom. The lowest BCUT2D eigenvalue weighted by Gasteiger charge is -2.50. The predicted molar refractivity (Wildman–Crippen MR) is 156 cm³/mol. The zero-order chi connectivity index (χ0) is 29.7. The molecule has 8 atom stereocenters. The number of carbonyl (C=O) groups is 3. The van der Waals surface area contributed by atoms with Crippen LogP contribution >= 0.6 is 0 Å². The molecule has 224 valence electrons. The predicted octanol–water partition coefficient (Wildman–Crippen LogP) is 1.01. The lowest BCUT2D eigenvalue weighted by Crippen LogP contribution is -3.15. The number of amides is 3. The van der Waals surface area contributed by atoms with Crippen LogP contribution in [0.2, 0.25) is 0 Å². The number of quaternary nitrogens is 1. The van der Waals surface area contributed by atoms with Crippen molar-refractivity contribution >= 4 is 34.2 Å². The summed E-state index contributed by atoms with van der Waals surface area (Å²) in [4.78, 5) is 49.8. The third kappa shape index (κ3) is 3.58. The molecule has 0 bridgehead atoms. The molecule has 3 fully saturated rings. The second-order valence-corrected chi connectivity index (χ2v) is 13.4. The minimum atomic E-state index is -2.00. The number of fused-ring (bicyclic) bond motifs is 5. The van der Waals surface area contributed by atoms with Gasteiger partial charge in [-0.25, -0.2) is 0 Å². The lowest BCUT2D eigenvalue weighted by atomic mass is 9.79. The number of aromatic amines is 1. The van der Waals surface area contributed by atoms with E-state index in [1.54, 1.807) is 4.90 Å². The van der Waals surface area contributed by atoms with Crippen LogP contribution in [-0.4, -0.2) is 87.5 Å². The third-order valence-electron chi connectivity index (χ3n) is 10.8. The first-order valence-corrected chi connectivity index (χ1v) is 15.5. The summed E-state index contributed by atoms with van der Waals surface area (Å²) in [5.41, 5.74) is 2.89. The molecule has 42 heavy (non-hydrogen) atoms. The van der Waals surface area contributed by atoms with Crippen LogP contribution in [0.5, 0.6) is 0 Å². The summed E-state index contributed by atoms with van der Waals surface area (Å²) in [6.07, 6.45) is 6.95. The van der Waals surface area contributed by atoms with E-state index in [4.69, 9.17) is 4.74 Å². The fourth-order valence-electron chi connectivity index (χ4n) is 8.25. The van der Waals surface area contributed by atoms with Gasteiger partial charge in [0.1, 0.15) is 24.0 Å². The van der Waals surface area contributed by atoms with Gasteiger partial charge in [0.2, 0.25) is 17.5 Å². The van der Waals surface area contributed by atoms with Crippen molar-refractivity contribution in [1.82, 2.24) is 20.1 Å². The van der Waals surface area contributed by atoms with Gasteiger partial charge in [0.25, 0.3) is 11.8 Å². The van der Waals surface area contributed by atoms with Crippen molar-refractivity contribution < 1.29 is 29.1 Å². The molecule has 1 unspecified atom stereocenters. The van der Waals surface area contributed by atoms with Crippen molar-refractivity contribution in [3.05, 3.63) is 41.6 Å². The van der Waals surface area contributed by atoms with Crippen molar-refractivity contribution in [2.24, 2.45) is 17.8 Å². The molecule has 0 radical (unpaired) electrons. The molecule has 1 aromatic carbocycles. The normalized spacial score (nSPS) is 36.2. The lowest BCUT2D eigenvalue weighted by molar-refractivity contribution is -0.900. The molecule has 2 aromatic rings. The van der Waals surface area contributed by atoms with Gasteiger partial charge in [-0.2, -0.15) is 0 Å². The second kappa shape index (κ2) is 9.39. The van der Waals surface area contributed by atoms with Crippen LogP contribution in [-0.2, 0) is 25.5 Å². The Bertz CT molecular complexity index is 1520. The summed E-state index contributed by atoms with van der Waals surface area (Å²) in [7, 11) is 2.12. The van der Waals surface area contributed by atoms with Crippen LogP contribution in [0.4, 0.5) is 0 Å². The summed E-state index contributed by atoms with van der Waals surface area (Å²) >= 11 is 0. The Labute approximate surface area is 246 Å². The first-order chi connectivity index (χ1) is 20.0. The standard InChI is InChI=1S/C32H41N5O5/c1-6-18(4)27-29(39)36-12-8-11-25(36)32(41)37(27)30(40)31(42-32,17(2)3)34-28(38)20-13-22-21-9-7-10-23-26(21)19(15-33-23)14-24(22)35(5)16-20/h7,9-10,13,15,17-18,20,24-25,27,33,41H,6,8,11-12,14,16H2,1-5H3,(H,34,38)/p+1/t18-,20-,24-,25+,27-,31-,32-/m0/s1. The number of benzene rings is 1. The molecule has 10 heteroatoms. The van der Waals surface area contributed by atoms with Gasteiger partial charge in [-0.05, 0) is 36.0 Å². The molecular weight excluding hydrogens is 534 g/mol. The van der Waals surface area contributed by atoms with Gasteiger partial charge in [0, 0.05) is 41.6 Å². The van der Waals surface area contributed by atoms with Crippen LogP contribution in [0.3, 0.4) is 0 Å². The van der Waals surface area contributed by atoms with E-state index < -0.39 is 41.5 Å². The highest BCUT2D eigenvalue weighted by Crippen LogP contribution is 2.49. The number of aromatic nitrogens is 1. The number of aliphatic hydroxyl groups is 1. The van der Waals surface area contributed by atoms with Crippen molar-refractivity contribution in [2.75, 3.05) is 20.1 Å². The van der Waals surface area contributed by atoms with Crippen LogP contribution in [0.25, 0.3) is 16.5 Å². The van der Waals surface area contributed by atoms with Crippen LogP contribution < -0.4 is 10.2 Å². The Hall–Kier alpha value is -3.21. The number of carbonyl (C=O) groups excluding carboxylic acids is 3. The molecule has 10 nitrogen and oxygen atoms in total. The van der Waals surface area contributed by atoms with Crippen LogP contribution in [0.1, 0.15) is 58.1 Å². The largest absolute Gasteiger partial charge is 0.361 e. The highest BCUT2D eigenvalue weighted by molar-refractivity contribution is 6.00. The molecule has 5 aliphatic rings. The first-order valence-electron chi connectivity index (χ1n) is 15.5. The molecule has 3 saturated heterocycles. The average Bonchev–Trinajstić information content (AvgIpc) is 3.68. The molecule has 1 aliphatic carbocycles. The molecule has 7 rings (SSSR count). The number of nitrogens with zero attached hydrogens (tertiary/aromatic N) is 2. The fraction of sp³-hybridized carbons (Fsp3) is 0.594. The Kier molecular flexibility index (Phi) is 6.18. The molecule has 0 saturated carbocycles. The van der Waals surface area contributed by atoms with E-state index in [1.807, 2.05) is 33.8 Å². The number of H-pyrrole nitrogens is 1. The molecule has 1 aromatic heterocycles. The van der Waals surface area contributed by atoms with Gasteiger partial charge in [0.05, 0.1) is 13.6 Å². The quantitative estimate of drug-likeness (QED) is 0.424. The number of nitrogens with one attached hydrogen (secondary N) is 3. The third-order valence-corrected chi connectivity index (χ3v) is 10.8. The van der Waals surface area contributed by atoms with E-state index in [9.17, 15) is 19.5 Å². The van der Waals surface area contributed by atoms with Crippen molar-refractivity contribution in [3.63, 3.8) is 0 Å². The average molecular weight is 577 g/mol. The van der Waals surface area contributed by atoms with E-state index in [2.05, 4.69) is 41.8 Å². The minimum Gasteiger partial charge on any atom is -0.361 e. The topological polar surface area (TPSA) is 119 Å². The van der Waals surface area contributed by atoms with Crippen molar-refractivity contribution in [1.29, 1.82) is 0 Å². The zero-order valence-electron chi connectivity index (χ0n) is 25.1. The summed E-state index contributed by atoms with van der Waals surface area (Å²) in [6.45, 7) is 8.60.